The summed E-state index contributed by atoms with van der Waals surface area (Å²) in [4.78, 5) is 3.90. The highest BCUT2D eigenvalue weighted by atomic mass is 127. The summed E-state index contributed by atoms with van der Waals surface area (Å²) in [7, 11) is -3.54. The lowest BCUT2D eigenvalue weighted by molar-refractivity contribution is 0.483. The molecule has 0 heterocycles. The second kappa shape index (κ2) is 9.45. The molecule has 7 nitrogen and oxygen atoms in total. The Hall–Kier alpha value is -1.85. The quantitative estimate of drug-likeness (QED) is 0.345. The molecule has 0 saturated carbocycles. The number of halogens is 1. The minimum Gasteiger partial charge on any atom is -0.457 e. The molecule has 0 aromatic heterocycles. The Labute approximate surface area is 158 Å². The lowest BCUT2D eigenvalue weighted by Crippen LogP contribution is -2.25. The van der Waals surface area contributed by atoms with E-state index in [1.54, 1.807) is 18.2 Å². The van der Waals surface area contributed by atoms with E-state index in [-0.39, 0.29) is 42.2 Å². The first-order valence-corrected chi connectivity index (χ1v) is 8.54. The third-order valence-corrected chi connectivity index (χ3v) is 3.49. The molecule has 2 rings (SSSR count). The fourth-order valence-corrected chi connectivity index (χ4v) is 2.09. The van der Waals surface area contributed by atoms with Crippen molar-refractivity contribution in [2.24, 2.45) is 15.9 Å². The number of primary sulfonamides is 1. The van der Waals surface area contributed by atoms with Crippen molar-refractivity contribution >= 4 is 45.6 Å². The maximum Gasteiger partial charge on any atom is 0.210 e. The van der Waals surface area contributed by atoms with Crippen molar-refractivity contribution in [3.63, 3.8) is 0 Å². The van der Waals surface area contributed by atoms with Gasteiger partial charge in [-0.2, -0.15) is 0 Å². The molecule has 0 atom stereocenters. The molecule has 0 saturated heterocycles. The topological polar surface area (TPSA) is 120 Å². The van der Waals surface area contributed by atoms with E-state index in [4.69, 9.17) is 15.6 Å². The average Bonchev–Trinajstić information content (AvgIpc) is 2.47. The van der Waals surface area contributed by atoms with Crippen molar-refractivity contribution in [1.29, 1.82) is 0 Å². The molecule has 0 bridgehead atoms. The van der Waals surface area contributed by atoms with Gasteiger partial charge in [0.1, 0.15) is 11.5 Å². The van der Waals surface area contributed by atoms with Crippen LogP contribution in [0.2, 0.25) is 0 Å². The molecule has 0 aliphatic carbocycles. The minimum absolute atomic E-state index is 0. The molecule has 2 aromatic rings. The van der Waals surface area contributed by atoms with Crippen LogP contribution >= 0.6 is 24.0 Å². The molecular formula is C15H19IN4O3S. The van der Waals surface area contributed by atoms with Gasteiger partial charge in [0.2, 0.25) is 10.0 Å². The van der Waals surface area contributed by atoms with Crippen LogP contribution in [0.15, 0.2) is 59.6 Å². The van der Waals surface area contributed by atoms with E-state index in [1.165, 1.54) is 0 Å². The van der Waals surface area contributed by atoms with Gasteiger partial charge in [-0.25, -0.2) is 13.6 Å². The molecular weight excluding hydrogens is 443 g/mol. The van der Waals surface area contributed by atoms with E-state index >= 15 is 0 Å². The number of aliphatic imine (C=N–C) groups is 1. The van der Waals surface area contributed by atoms with E-state index < -0.39 is 10.0 Å². The van der Waals surface area contributed by atoms with Gasteiger partial charge in [0.15, 0.2) is 5.96 Å². The second-order valence-electron chi connectivity index (χ2n) is 4.70. The van der Waals surface area contributed by atoms with Crippen molar-refractivity contribution in [1.82, 2.24) is 0 Å². The number of hydrogen-bond donors (Lipinski definition) is 3. The molecule has 24 heavy (non-hydrogen) atoms. The van der Waals surface area contributed by atoms with Crippen LogP contribution in [0, 0.1) is 0 Å². The summed E-state index contributed by atoms with van der Waals surface area (Å²) >= 11 is 0. The van der Waals surface area contributed by atoms with E-state index in [0.717, 1.165) is 5.75 Å². The number of rotatable bonds is 6. The van der Waals surface area contributed by atoms with Gasteiger partial charge in [-0.15, -0.1) is 24.0 Å². The number of anilines is 1. The van der Waals surface area contributed by atoms with Crippen LogP contribution in [0.1, 0.15) is 0 Å². The largest absolute Gasteiger partial charge is 0.457 e. The van der Waals surface area contributed by atoms with Crippen LogP contribution in [0.5, 0.6) is 11.5 Å². The van der Waals surface area contributed by atoms with E-state index in [0.29, 0.717) is 11.4 Å². The first-order chi connectivity index (χ1) is 10.9. The highest BCUT2D eigenvalue weighted by Crippen LogP contribution is 2.23. The molecule has 0 aliphatic rings. The molecule has 5 N–H and O–H groups in total. The minimum atomic E-state index is -3.54. The summed E-state index contributed by atoms with van der Waals surface area (Å²) in [5.41, 5.74) is 6.38. The molecule has 0 fully saturated rings. The van der Waals surface area contributed by atoms with Crippen molar-refractivity contribution in [2.45, 2.75) is 0 Å². The van der Waals surface area contributed by atoms with Crippen LogP contribution < -0.4 is 20.9 Å². The van der Waals surface area contributed by atoms with E-state index in [2.05, 4.69) is 10.3 Å². The average molecular weight is 462 g/mol. The Balaban J connectivity index is 0.00000288. The summed E-state index contributed by atoms with van der Waals surface area (Å²) in [5, 5.41) is 7.76. The van der Waals surface area contributed by atoms with Gasteiger partial charge in [-0.3, -0.25) is 4.99 Å². The molecule has 130 valence electrons. The Morgan fingerprint density at radius 3 is 2.42 bits per heavy atom. The lowest BCUT2D eigenvalue weighted by atomic mass is 10.3. The van der Waals surface area contributed by atoms with E-state index in [9.17, 15) is 8.42 Å². The second-order valence-corrected chi connectivity index (χ2v) is 6.44. The molecule has 9 heteroatoms. The van der Waals surface area contributed by atoms with Crippen LogP contribution in [0.3, 0.4) is 0 Å². The monoisotopic (exact) mass is 462 g/mol. The van der Waals surface area contributed by atoms with Crippen molar-refractivity contribution < 1.29 is 13.2 Å². The molecule has 0 aliphatic heterocycles. The normalized spacial score (nSPS) is 11.5. The summed E-state index contributed by atoms with van der Waals surface area (Å²) in [5.74, 6) is 1.20. The molecule has 0 unspecified atom stereocenters. The summed E-state index contributed by atoms with van der Waals surface area (Å²) < 4.78 is 27.4. The fraction of sp³-hybridized carbons (Fsp3) is 0.133. The van der Waals surface area contributed by atoms with Crippen molar-refractivity contribution in [3.05, 3.63) is 54.6 Å². The predicted octanol–water partition coefficient (Wildman–Crippen LogP) is 2.11. The van der Waals surface area contributed by atoms with E-state index in [1.807, 2.05) is 36.4 Å². The van der Waals surface area contributed by atoms with Crippen LogP contribution in [-0.2, 0) is 10.0 Å². The highest BCUT2D eigenvalue weighted by Gasteiger charge is 2.02. The zero-order valence-electron chi connectivity index (χ0n) is 12.8. The van der Waals surface area contributed by atoms with Gasteiger partial charge >= 0.3 is 0 Å². The molecule has 0 amide bonds. The number of nitrogens with two attached hydrogens (primary N) is 2. The number of hydrogen-bond acceptors (Lipinski definition) is 4. The van der Waals surface area contributed by atoms with Gasteiger partial charge in [0, 0.05) is 11.8 Å². The Morgan fingerprint density at radius 2 is 1.75 bits per heavy atom. The summed E-state index contributed by atoms with van der Waals surface area (Å²) in [6.07, 6.45) is 0. The molecule has 0 radical (unpaired) electrons. The molecule has 0 spiro atoms. The SMILES string of the molecule is I.NC(=NCCS(N)(=O)=O)Nc1cccc(Oc2ccccc2)c1. The first kappa shape index (κ1) is 20.2. The van der Waals surface area contributed by atoms with Crippen LogP contribution in [-0.4, -0.2) is 26.7 Å². The zero-order valence-corrected chi connectivity index (χ0v) is 15.9. The van der Waals surface area contributed by atoms with Crippen LogP contribution in [0.25, 0.3) is 0 Å². The van der Waals surface area contributed by atoms with Gasteiger partial charge in [-0.05, 0) is 24.3 Å². The third kappa shape index (κ3) is 7.62. The van der Waals surface area contributed by atoms with Crippen molar-refractivity contribution in [3.8, 4) is 11.5 Å². The number of sulfonamides is 1. The zero-order chi connectivity index (χ0) is 16.7. The first-order valence-electron chi connectivity index (χ1n) is 6.83. The molecule has 2 aromatic carbocycles. The van der Waals surface area contributed by atoms with Gasteiger partial charge in [0.25, 0.3) is 0 Å². The maximum absolute atomic E-state index is 10.8. The number of para-hydroxylation sites is 1. The summed E-state index contributed by atoms with van der Waals surface area (Å²) in [6.45, 7) is -0.00211. The standard InChI is InChI=1S/C15H18N4O3S.HI/c16-15(18-9-10-23(17,20)21)19-12-5-4-8-14(11-12)22-13-6-2-1-3-7-13;/h1-8,11H,9-10H2,(H3,16,18,19)(H2,17,20,21);1H. The third-order valence-electron chi connectivity index (χ3n) is 2.74. The van der Waals surface area contributed by atoms with Crippen LogP contribution in [0.4, 0.5) is 5.69 Å². The Morgan fingerprint density at radius 1 is 1.08 bits per heavy atom. The van der Waals surface area contributed by atoms with Gasteiger partial charge in [-0.1, -0.05) is 24.3 Å². The number of nitrogens with one attached hydrogen (secondary N) is 1. The Kier molecular flexibility index (Phi) is 7.95. The number of nitrogens with zero attached hydrogens (tertiary/aromatic N) is 1. The Bertz CT molecular complexity index is 782. The predicted molar refractivity (Wildman–Crippen MR) is 106 cm³/mol. The number of ether oxygens (including phenoxy) is 1. The summed E-state index contributed by atoms with van der Waals surface area (Å²) in [6, 6.07) is 16.5. The van der Waals surface area contributed by atoms with Gasteiger partial charge in [0.05, 0.1) is 12.3 Å². The fourth-order valence-electron chi connectivity index (χ4n) is 1.74. The number of guanidine groups is 1. The highest BCUT2D eigenvalue weighted by molar-refractivity contribution is 14.0. The lowest BCUT2D eigenvalue weighted by Gasteiger charge is -2.09. The smallest absolute Gasteiger partial charge is 0.210 e. The van der Waals surface area contributed by atoms with Crippen molar-refractivity contribution in [2.75, 3.05) is 17.6 Å². The maximum atomic E-state index is 10.8. The van der Waals surface area contributed by atoms with Gasteiger partial charge < -0.3 is 15.8 Å². The number of benzene rings is 2.